The number of esters is 1. The van der Waals surface area contributed by atoms with E-state index in [2.05, 4.69) is 5.32 Å². The van der Waals surface area contributed by atoms with E-state index in [1.165, 1.54) is 13.2 Å². The van der Waals surface area contributed by atoms with Crippen LogP contribution in [0.3, 0.4) is 0 Å². The molecular weight excluding hydrogens is 286 g/mol. The molecule has 0 radical (unpaired) electrons. The number of hydrogen-bond donors (Lipinski definition) is 1. The summed E-state index contributed by atoms with van der Waals surface area (Å²) in [5, 5.41) is 2.67. The summed E-state index contributed by atoms with van der Waals surface area (Å²) in [5.41, 5.74) is 2.08. The minimum Gasteiger partial charge on any atom is -0.467 e. The molecule has 5 heteroatoms. The molecule has 0 aliphatic carbocycles. The molecule has 0 spiro atoms. The SMILES string of the molecule is COC(=O)[C@H](CCSC)NC(=O)/C=C/c1cccc(C)c1. The van der Waals surface area contributed by atoms with Crippen LogP contribution in [0, 0.1) is 6.92 Å². The van der Waals surface area contributed by atoms with Gasteiger partial charge in [-0.15, -0.1) is 0 Å². The summed E-state index contributed by atoms with van der Waals surface area (Å²) >= 11 is 1.62. The van der Waals surface area contributed by atoms with Gasteiger partial charge in [0.25, 0.3) is 0 Å². The lowest BCUT2D eigenvalue weighted by atomic mass is 10.1. The van der Waals surface area contributed by atoms with Crippen LogP contribution in [0.25, 0.3) is 6.08 Å². The number of hydrogen-bond acceptors (Lipinski definition) is 4. The molecule has 0 aliphatic rings. The van der Waals surface area contributed by atoms with Crippen molar-refractivity contribution in [3.8, 4) is 0 Å². The van der Waals surface area contributed by atoms with E-state index in [9.17, 15) is 9.59 Å². The largest absolute Gasteiger partial charge is 0.467 e. The molecule has 4 nitrogen and oxygen atoms in total. The van der Waals surface area contributed by atoms with Crippen molar-refractivity contribution in [2.24, 2.45) is 0 Å². The van der Waals surface area contributed by atoms with E-state index in [1.807, 2.05) is 37.4 Å². The van der Waals surface area contributed by atoms with Gasteiger partial charge >= 0.3 is 5.97 Å². The molecule has 1 N–H and O–H groups in total. The quantitative estimate of drug-likeness (QED) is 0.621. The summed E-state index contributed by atoms with van der Waals surface area (Å²) in [7, 11) is 1.32. The normalized spacial score (nSPS) is 12.1. The molecule has 21 heavy (non-hydrogen) atoms. The summed E-state index contributed by atoms with van der Waals surface area (Å²) in [6, 6.07) is 7.23. The van der Waals surface area contributed by atoms with Crippen molar-refractivity contribution in [1.82, 2.24) is 5.32 Å². The molecule has 0 saturated heterocycles. The van der Waals surface area contributed by atoms with Crippen molar-refractivity contribution < 1.29 is 14.3 Å². The lowest BCUT2D eigenvalue weighted by Gasteiger charge is -2.14. The van der Waals surface area contributed by atoms with E-state index in [-0.39, 0.29) is 5.91 Å². The van der Waals surface area contributed by atoms with Gasteiger partial charge in [0.1, 0.15) is 6.04 Å². The number of benzene rings is 1. The molecule has 114 valence electrons. The Morgan fingerprint density at radius 3 is 2.81 bits per heavy atom. The fourth-order valence-corrected chi connectivity index (χ4v) is 2.26. The summed E-state index contributed by atoms with van der Waals surface area (Å²) in [6.45, 7) is 1.99. The first-order chi connectivity index (χ1) is 10.1. The molecule has 1 amide bonds. The second kappa shape index (κ2) is 9.23. The number of amides is 1. The van der Waals surface area contributed by atoms with Crippen molar-refractivity contribution in [2.75, 3.05) is 19.1 Å². The lowest BCUT2D eigenvalue weighted by Crippen LogP contribution is -2.41. The van der Waals surface area contributed by atoms with Crippen LogP contribution < -0.4 is 5.32 Å². The maximum absolute atomic E-state index is 11.9. The molecule has 0 aliphatic heterocycles. The fraction of sp³-hybridized carbons (Fsp3) is 0.375. The number of carbonyl (C=O) groups is 2. The highest BCUT2D eigenvalue weighted by Gasteiger charge is 2.19. The first-order valence-electron chi connectivity index (χ1n) is 6.69. The van der Waals surface area contributed by atoms with Crippen molar-refractivity contribution in [3.63, 3.8) is 0 Å². The van der Waals surface area contributed by atoms with Gasteiger partial charge in [-0.25, -0.2) is 4.79 Å². The molecule has 0 saturated carbocycles. The smallest absolute Gasteiger partial charge is 0.328 e. The first-order valence-corrected chi connectivity index (χ1v) is 8.08. The van der Waals surface area contributed by atoms with Crippen molar-refractivity contribution in [2.45, 2.75) is 19.4 Å². The number of nitrogens with one attached hydrogen (secondary N) is 1. The van der Waals surface area contributed by atoms with Gasteiger partial charge in [-0.3, -0.25) is 4.79 Å². The van der Waals surface area contributed by atoms with Crippen LogP contribution in [-0.2, 0) is 14.3 Å². The van der Waals surface area contributed by atoms with Crippen LogP contribution in [0.4, 0.5) is 0 Å². The zero-order valence-corrected chi connectivity index (χ0v) is 13.4. The molecule has 1 atom stereocenters. The number of methoxy groups -OCH3 is 1. The number of rotatable bonds is 7. The standard InChI is InChI=1S/C16H21NO3S/c1-12-5-4-6-13(11-12)7-8-15(18)17-14(9-10-21-3)16(19)20-2/h4-8,11,14H,9-10H2,1-3H3,(H,17,18)/b8-7+/t14-/m0/s1. The van der Waals surface area contributed by atoms with Gasteiger partial charge in [0.15, 0.2) is 0 Å². The molecule has 0 aromatic heterocycles. The van der Waals surface area contributed by atoms with E-state index in [0.717, 1.165) is 16.9 Å². The third-order valence-corrected chi connectivity index (χ3v) is 3.53. The van der Waals surface area contributed by atoms with E-state index >= 15 is 0 Å². The topological polar surface area (TPSA) is 55.4 Å². The van der Waals surface area contributed by atoms with Gasteiger partial charge in [0, 0.05) is 6.08 Å². The Labute approximate surface area is 130 Å². The average molecular weight is 307 g/mol. The third kappa shape index (κ3) is 6.49. The Morgan fingerprint density at radius 1 is 1.43 bits per heavy atom. The zero-order chi connectivity index (χ0) is 15.7. The highest BCUT2D eigenvalue weighted by Crippen LogP contribution is 2.06. The second-order valence-corrected chi connectivity index (χ2v) is 5.60. The van der Waals surface area contributed by atoms with Gasteiger partial charge in [0.05, 0.1) is 7.11 Å². The molecule has 1 rings (SSSR count). The summed E-state index contributed by atoms with van der Waals surface area (Å²) in [4.78, 5) is 23.5. The highest BCUT2D eigenvalue weighted by molar-refractivity contribution is 7.98. The van der Waals surface area contributed by atoms with Gasteiger partial charge in [-0.1, -0.05) is 29.8 Å². The second-order valence-electron chi connectivity index (χ2n) is 4.61. The molecule has 1 aromatic carbocycles. The van der Waals surface area contributed by atoms with Gasteiger partial charge < -0.3 is 10.1 Å². The summed E-state index contributed by atoms with van der Waals surface area (Å²) in [6.07, 6.45) is 5.67. The third-order valence-electron chi connectivity index (χ3n) is 2.88. The Hall–Kier alpha value is -1.75. The number of thioether (sulfide) groups is 1. The predicted molar refractivity (Wildman–Crippen MR) is 87.2 cm³/mol. The lowest BCUT2D eigenvalue weighted by molar-refractivity contribution is -0.144. The van der Waals surface area contributed by atoms with E-state index in [4.69, 9.17) is 4.74 Å². The number of aryl methyl sites for hydroxylation is 1. The molecule has 1 aromatic rings. The maximum Gasteiger partial charge on any atom is 0.328 e. The highest BCUT2D eigenvalue weighted by atomic mass is 32.2. The molecule has 0 fully saturated rings. The molecule has 0 bridgehead atoms. The van der Waals surface area contributed by atoms with E-state index in [1.54, 1.807) is 17.8 Å². The van der Waals surface area contributed by atoms with Gasteiger partial charge in [0.2, 0.25) is 5.91 Å². The van der Waals surface area contributed by atoms with Crippen LogP contribution in [0.2, 0.25) is 0 Å². The van der Waals surface area contributed by atoms with Crippen molar-refractivity contribution in [3.05, 3.63) is 41.5 Å². The summed E-state index contributed by atoms with van der Waals surface area (Å²) in [5.74, 6) is 0.0659. The van der Waals surface area contributed by atoms with E-state index < -0.39 is 12.0 Å². The molecule has 0 unspecified atom stereocenters. The Balaban J connectivity index is 2.62. The minimum absolute atomic E-state index is 0.298. The maximum atomic E-state index is 11.9. The van der Waals surface area contributed by atoms with Crippen molar-refractivity contribution in [1.29, 1.82) is 0 Å². The Kier molecular flexibility index (Phi) is 7.61. The minimum atomic E-state index is -0.600. The van der Waals surface area contributed by atoms with Gasteiger partial charge in [-0.2, -0.15) is 11.8 Å². The van der Waals surface area contributed by atoms with Crippen LogP contribution in [0.15, 0.2) is 30.3 Å². The van der Waals surface area contributed by atoms with Crippen LogP contribution in [0.1, 0.15) is 17.5 Å². The van der Waals surface area contributed by atoms with Crippen LogP contribution in [-0.4, -0.2) is 37.0 Å². The van der Waals surface area contributed by atoms with Crippen LogP contribution in [0.5, 0.6) is 0 Å². The van der Waals surface area contributed by atoms with Gasteiger partial charge in [-0.05, 0) is 37.0 Å². The molecular formula is C16H21NO3S. The van der Waals surface area contributed by atoms with Crippen molar-refractivity contribution >= 4 is 29.7 Å². The fourth-order valence-electron chi connectivity index (χ4n) is 1.79. The Morgan fingerprint density at radius 2 is 2.19 bits per heavy atom. The van der Waals surface area contributed by atoms with Crippen LogP contribution >= 0.6 is 11.8 Å². The number of carbonyl (C=O) groups excluding carboxylic acids is 2. The molecule has 0 heterocycles. The first kappa shape index (κ1) is 17.3. The zero-order valence-electron chi connectivity index (χ0n) is 12.6. The number of ether oxygens (including phenoxy) is 1. The summed E-state index contributed by atoms with van der Waals surface area (Å²) < 4.78 is 4.70. The monoisotopic (exact) mass is 307 g/mol. The predicted octanol–water partition coefficient (Wildman–Crippen LogP) is 2.42. The Bertz CT molecular complexity index is 514. The van der Waals surface area contributed by atoms with E-state index in [0.29, 0.717) is 6.42 Å². The average Bonchev–Trinajstić information content (AvgIpc) is 2.48.